The molecular weight excluding hydrogens is 704 g/mol. The van der Waals surface area contributed by atoms with Gasteiger partial charge in [0.2, 0.25) is 0 Å². The van der Waals surface area contributed by atoms with Crippen molar-refractivity contribution in [3.63, 3.8) is 0 Å². The van der Waals surface area contributed by atoms with Gasteiger partial charge in [0.15, 0.2) is 18.5 Å². The van der Waals surface area contributed by atoms with E-state index in [9.17, 15) is 34.8 Å². The molecule has 0 aromatic heterocycles. The van der Waals surface area contributed by atoms with Crippen LogP contribution in [0.25, 0.3) is 0 Å². The smallest absolute Gasteiger partial charge is 0.335 e. The van der Waals surface area contributed by atoms with E-state index in [0.717, 1.165) is 70.6 Å². The van der Waals surface area contributed by atoms with Gasteiger partial charge in [0.05, 0.1) is 13.0 Å². The van der Waals surface area contributed by atoms with Crippen molar-refractivity contribution in [2.24, 2.45) is 0 Å². The van der Waals surface area contributed by atoms with Crippen LogP contribution >= 0.6 is 0 Å². The summed E-state index contributed by atoms with van der Waals surface area (Å²) < 4.78 is 21.5. The lowest BCUT2D eigenvalue weighted by molar-refractivity contribution is -0.298. The van der Waals surface area contributed by atoms with Gasteiger partial charge in [-0.2, -0.15) is 0 Å². The van der Waals surface area contributed by atoms with Crippen molar-refractivity contribution in [3.05, 3.63) is 85.1 Å². The molecule has 6 unspecified atom stereocenters. The lowest BCUT2D eigenvalue weighted by Crippen LogP contribution is -2.60. The molecule has 1 heterocycles. The number of rotatable bonds is 31. The fraction of sp³-hybridized carbons (Fsp3) is 0.614. The Kier molecular flexibility index (Phi) is 30.3. The maximum atomic E-state index is 12.7. The Morgan fingerprint density at radius 2 is 1.13 bits per heavy atom. The molecule has 1 saturated heterocycles. The predicted molar refractivity (Wildman–Crippen MR) is 215 cm³/mol. The van der Waals surface area contributed by atoms with E-state index in [4.69, 9.17) is 18.9 Å². The molecule has 0 radical (unpaired) electrons. The molecule has 0 aliphatic carbocycles. The van der Waals surface area contributed by atoms with E-state index in [1.165, 1.54) is 12.8 Å². The summed E-state index contributed by atoms with van der Waals surface area (Å²) in [7, 11) is 0. The number of hydrogen-bond acceptors (Lipinski definition) is 10. The largest absolute Gasteiger partial charge is 0.479 e. The number of carbonyl (C=O) groups is 3. The minimum Gasteiger partial charge on any atom is -0.479 e. The highest BCUT2D eigenvalue weighted by Crippen LogP contribution is 2.23. The molecule has 11 nitrogen and oxygen atoms in total. The van der Waals surface area contributed by atoms with Crippen molar-refractivity contribution in [1.29, 1.82) is 0 Å². The van der Waals surface area contributed by atoms with Crippen molar-refractivity contribution in [1.82, 2.24) is 0 Å². The van der Waals surface area contributed by atoms with Gasteiger partial charge in [-0.15, -0.1) is 0 Å². The topological polar surface area (TPSA) is 169 Å². The van der Waals surface area contributed by atoms with Crippen LogP contribution in [-0.4, -0.2) is 88.4 Å². The minimum atomic E-state index is -1.88. The second kappa shape index (κ2) is 33.7. The van der Waals surface area contributed by atoms with E-state index < -0.39 is 61.3 Å². The first-order chi connectivity index (χ1) is 26.7. The molecule has 0 aromatic rings. The molecule has 55 heavy (non-hydrogen) atoms. The number of carbonyl (C=O) groups excluding carboxylic acids is 2. The highest BCUT2D eigenvalue weighted by atomic mass is 16.7. The Morgan fingerprint density at radius 1 is 0.600 bits per heavy atom. The lowest BCUT2D eigenvalue weighted by Gasteiger charge is -2.38. The van der Waals surface area contributed by atoms with Gasteiger partial charge in [0.1, 0.15) is 24.9 Å². The van der Waals surface area contributed by atoms with Gasteiger partial charge >= 0.3 is 17.9 Å². The number of allylic oxidation sites excluding steroid dienone is 13. The Morgan fingerprint density at radius 3 is 1.71 bits per heavy atom. The molecule has 1 rings (SSSR count). The van der Waals surface area contributed by atoms with E-state index in [0.29, 0.717) is 12.8 Å². The zero-order valence-corrected chi connectivity index (χ0v) is 33.1. The number of aliphatic hydroxyl groups excluding tert-OH is 3. The number of unbranched alkanes of at least 4 members (excludes halogenated alkanes) is 7. The normalized spacial score (nSPS) is 21.4. The van der Waals surface area contributed by atoms with Crippen LogP contribution in [0.5, 0.6) is 0 Å². The summed E-state index contributed by atoms with van der Waals surface area (Å²) in [4.78, 5) is 36.6. The third-order valence-electron chi connectivity index (χ3n) is 8.51. The summed E-state index contributed by atoms with van der Waals surface area (Å²) in [6.45, 7) is 3.52. The van der Waals surface area contributed by atoms with Gasteiger partial charge in [-0.25, -0.2) is 4.79 Å². The molecule has 4 N–H and O–H groups in total. The van der Waals surface area contributed by atoms with E-state index in [-0.39, 0.29) is 19.4 Å². The predicted octanol–water partition coefficient (Wildman–Crippen LogP) is 7.92. The number of carboxylic acid groups (broad SMARTS) is 1. The van der Waals surface area contributed by atoms with Crippen LogP contribution in [0.15, 0.2) is 85.1 Å². The third-order valence-corrected chi connectivity index (χ3v) is 8.51. The summed E-state index contributed by atoms with van der Waals surface area (Å²) in [5.41, 5.74) is 0. The van der Waals surface area contributed by atoms with Crippen LogP contribution in [0.3, 0.4) is 0 Å². The number of carboxylic acids is 1. The van der Waals surface area contributed by atoms with Crippen LogP contribution in [-0.2, 0) is 33.3 Å². The molecule has 1 aliphatic rings. The van der Waals surface area contributed by atoms with Gasteiger partial charge in [-0.05, 0) is 64.2 Å². The standard InChI is InChI=1S/C44H68O11/c1-3-5-7-9-11-13-15-17-19-21-22-24-26-28-30-32-37(45)52-34-36(35-53-44-41(49)39(47)40(48)42(55-44)43(50)51)54-38(46)33-31-29-27-25-23-20-18-16-14-12-10-8-6-4-2/h5,7,10-13,16-19,22,24,28,30,36,39-42,44,47-49H,3-4,6,8-9,14-15,20-21,23,25-27,29,31-35H2,1-2H3,(H,50,51)/b7-5-,12-10-,13-11-,18-16-,19-17-,24-22-,30-28-. The highest BCUT2D eigenvalue weighted by molar-refractivity contribution is 5.73. The maximum absolute atomic E-state index is 12.7. The second-order valence-corrected chi connectivity index (χ2v) is 13.4. The molecule has 0 bridgehead atoms. The Bertz CT molecular complexity index is 1230. The van der Waals surface area contributed by atoms with Crippen molar-refractivity contribution in [3.8, 4) is 0 Å². The molecule has 0 amide bonds. The number of esters is 2. The Hall–Kier alpha value is -3.61. The second-order valence-electron chi connectivity index (χ2n) is 13.4. The first kappa shape index (κ1) is 49.4. The lowest BCUT2D eigenvalue weighted by atomic mass is 9.99. The van der Waals surface area contributed by atoms with Crippen molar-refractivity contribution < 1.29 is 53.8 Å². The minimum absolute atomic E-state index is 0.00421. The summed E-state index contributed by atoms with van der Waals surface area (Å²) in [6.07, 6.45) is 33.8. The fourth-order valence-corrected chi connectivity index (χ4v) is 5.32. The van der Waals surface area contributed by atoms with Gasteiger partial charge in [-0.3, -0.25) is 9.59 Å². The molecule has 0 saturated carbocycles. The third kappa shape index (κ3) is 26.0. The number of aliphatic carboxylic acids is 1. The maximum Gasteiger partial charge on any atom is 0.335 e. The molecule has 1 aliphatic heterocycles. The highest BCUT2D eigenvalue weighted by Gasteiger charge is 2.47. The van der Waals surface area contributed by atoms with E-state index in [2.05, 4.69) is 74.6 Å². The first-order valence-corrected chi connectivity index (χ1v) is 20.1. The van der Waals surface area contributed by atoms with E-state index >= 15 is 0 Å². The summed E-state index contributed by atoms with van der Waals surface area (Å²) in [5, 5.41) is 39.7. The van der Waals surface area contributed by atoms with E-state index in [1.54, 1.807) is 6.08 Å². The van der Waals surface area contributed by atoms with Crippen molar-refractivity contribution in [2.75, 3.05) is 13.2 Å². The summed E-state index contributed by atoms with van der Waals surface area (Å²) in [6, 6.07) is 0. The quantitative estimate of drug-likeness (QED) is 0.0307. The monoisotopic (exact) mass is 772 g/mol. The summed E-state index contributed by atoms with van der Waals surface area (Å²) >= 11 is 0. The summed E-state index contributed by atoms with van der Waals surface area (Å²) in [5.74, 6) is -2.64. The first-order valence-electron chi connectivity index (χ1n) is 20.1. The number of hydrogen-bond donors (Lipinski definition) is 4. The molecule has 1 fully saturated rings. The van der Waals surface area contributed by atoms with Crippen LogP contribution in [0.2, 0.25) is 0 Å². The van der Waals surface area contributed by atoms with Crippen LogP contribution in [0, 0.1) is 0 Å². The van der Waals surface area contributed by atoms with Crippen LogP contribution < -0.4 is 0 Å². The number of ether oxygens (including phenoxy) is 4. The molecule has 0 spiro atoms. The van der Waals surface area contributed by atoms with Crippen LogP contribution in [0.4, 0.5) is 0 Å². The van der Waals surface area contributed by atoms with Crippen molar-refractivity contribution in [2.45, 2.75) is 160 Å². The van der Waals surface area contributed by atoms with Gasteiger partial charge in [0, 0.05) is 6.42 Å². The molecule has 11 heteroatoms. The SMILES string of the molecule is CC/C=C\C/C=C\C/C=C\C/C=C\C/C=C\CC(=O)OCC(COC1OC(C(=O)O)C(O)C(O)C1O)OC(=O)CCCCCCC/C=C\C/C=C\CCCC. The fourth-order valence-electron chi connectivity index (χ4n) is 5.32. The number of aliphatic hydroxyl groups is 3. The average Bonchev–Trinajstić information content (AvgIpc) is 3.17. The molecule has 6 atom stereocenters. The van der Waals surface area contributed by atoms with Crippen LogP contribution in [0.1, 0.15) is 123 Å². The Labute approximate surface area is 329 Å². The molecule has 310 valence electrons. The van der Waals surface area contributed by atoms with Gasteiger partial charge in [-0.1, -0.05) is 131 Å². The Balaban J connectivity index is 2.51. The van der Waals surface area contributed by atoms with Gasteiger partial charge < -0.3 is 39.4 Å². The van der Waals surface area contributed by atoms with Gasteiger partial charge in [0.25, 0.3) is 0 Å². The van der Waals surface area contributed by atoms with E-state index in [1.807, 2.05) is 18.2 Å². The molecule has 0 aromatic carbocycles. The van der Waals surface area contributed by atoms with Crippen molar-refractivity contribution >= 4 is 17.9 Å². The zero-order valence-electron chi connectivity index (χ0n) is 33.1. The average molecular weight is 773 g/mol. The zero-order chi connectivity index (χ0) is 40.4. The molecular formula is C44H68O11.